The number of hydrazine groups is 1. The lowest BCUT2D eigenvalue weighted by Gasteiger charge is -2.12. The Bertz CT molecular complexity index is 675. The summed E-state index contributed by atoms with van der Waals surface area (Å²) in [6, 6.07) is 13.8. The number of nitrogens with one attached hydrogen (secondary N) is 1. The predicted molar refractivity (Wildman–Crippen MR) is 81.9 cm³/mol. The Hall–Kier alpha value is -1.69. The fourth-order valence-corrected chi connectivity index (χ4v) is 2.39. The number of para-hydroxylation sites is 1. The summed E-state index contributed by atoms with van der Waals surface area (Å²) in [6.45, 7) is 0. The molecule has 3 rings (SSSR count). The Morgan fingerprint density at radius 1 is 1.25 bits per heavy atom. The molecule has 0 bridgehead atoms. The minimum Gasteiger partial charge on any atom is -0.459 e. The third-order valence-corrected chi connectivity index (χ3v) is 3.66. The standard InChI is InChI=1S/C15H14BrN3O/c16-11-5-6-12(18-9-11)8-13(19-17)15-7-10-3-1-2-4-14(10)20-15/h1-7,9,13,19H,8,17H2. The summed E-state index contributed by atoms with van der Waals surface area (Å²) >= 11 is 3.38. The van der Waals surface area contributed by atoms with Gasteiger partial charge in [0.15, 0.2) is 0 Å². The fraction of sp³-hybridized carbons (Fsp3) is 0.133. The fourth-order valence-electron chi connectivity index (χ4n) is 2.15. The number of benzene rings is 1. The van der Waals surface area contributed by atoms with Crippen LogP contribution in [0.2, 0.25) is 0 Å². The first-order chi connectivity index (χ1) is 9.76. The Balaban J connectivity index is 1.87. The maximum Gasteiger partial charge on any atom is 0.134 e. The average Bonchev–Trinajstić information content (AvgIpc) is 2.90. The molecule has 0 fully saturated rings. The van der Waals surface area contributed by atoms with Crippen LogP contribution in [-0.2, 0) is 6.42 Å². The average molecular weight is 332 g/mol. The van der Waals surface area contributed by atoms with Crippen LogP contribution in [0.1, 0.15) is 17.5 Å². The lowest BCUT2D eigenvalue weighted by molar-refractivity contribution is 0.432. The highest BCUT2D eigenvalue weighted by Gasteiger charge is 2.16. The maximum absolute atomic E-state index is 5.84. The molecule has 0 aliphatic heterocycles. The zero-order valence-electron chi connectivity index (χ0n) is 10.7. The van der Waals surface area contributed by atoms with Gasteiger partial charge in [0, 0.05) is 28.2 Å². The van der Waals surface area contributed by atoms with E-state index >= 15 is 0 Å². The third-order valence-electron chi connectivity index (χ3n) is 3.19. The van der Waals surface area contributed by atoms with E-state index in [4.69, 9.17) is 10.3 Å². The van der Waals surface area contributed by atoms with Crippen molar-refractivity contribution in [1.82, 2.24) is 10.4 Å². The largest absolute Gasteiger partial charge is 0.459 e. The molecule has 3 aromatic rings. The topological polar surface area (TPSA) is 64.1 Å². The van der Waals surface area contributed by atoms with E-state index in [0.717, 1.165) is 26.9 Å². The first-order valence-corrected chi connectivity index (χ1v) is 7.10. The number of nitrogens with zero attached hydrogens (tertiary/aromatic N) is 1. The van der Waals surface area contributed by atoms with Crippen molar-refractivity contribution in [2.24, 2.45) is 5.84 Å². The van der Waals surface area contributed by atoms with Gasteiger partial charge in [-0.15, -0.1) is 0 Å². The maximum atomic E-state index is 5.84. The van der Waals surface area contributed by atoms with Crippen molar-refractivity contribution in [2.75, 3.05) is 0 Å². The summed E-state index contributed by atoms with van der Waals surface area (Å²) in [6.07, 6.45) is 2.45. The molecule has 1 unspecified atom stereocenters. The smallest absolute Gasteiger partial charge is 0.134 e. The van der Waals surface area contributed by atoms with Gasteiger partial charge >= 0.3 is 0 Å². The minimum atomic E-state index is -0.101. The van der Waals surface area contributed by atoms with E-state index in [1.807, 2.05) is 42.5 Å². The SMILES string of the molecule is NNC(Cc1ccc(Br)cn1)c1cc2ccccc2o1. The van der Waals surface area contributed by atoms with Crippen LogP contribution in [0.5, 0.6) is 0 Å². The number of aromatic nitrogens is 1. The van der Waals surface area contributed by atoms with Crippen molar-refractivity contribution < 1.29 is 4.42 Å². The summed E-state index contributed by atoms with van der Waals surface area (Å²) in [7, 11) is 0. The first kappa shape index (κ1) is 13.3. The van der Waals surface area contributed by atoms with Gasteiger partial charge in [-0.05, 0) is 40.2 Å². The second kappa shape index (κ2) is 5.75. The number of fused-ring (bicyclic) bond motifs is 1. The van der Waals surface area contributed by atoms with Crippen molar-refractivity contribution >= 4 is 26.9 Å². The lowest BCUT2D eigenvalue weighted by Crippen LogP contribution is -2.29. The highest BCUT2D eigenvalue weighted by Crippen LogP contribution is 2.25. The van der Waals surface area contributed by atoms with Gasteiger partial charge in [-0.1, -0.05) is 18.2 Å². The number of furan rings is 1. The Morgan fingerprint density at radius 2 is 2.10 bits per heavy atom. The molecule has 0 saturated heterocycles. The Kier molecular flexibility index (Phi) is 3.82. The normalized spacial score (nSPS) is 12.7. The molecule has 20 heavy (non-hydrogen) atoms. The zero-order chi connectivity index (χ0) is 13.9. The molecule has 102 valence electrons. The van der Waals surface area contributed by atoms with Crippen LogP contribution in [0, 0.1) is 0 Å². The Labute approximate surface area is 125 Å². The van der Waals surface area contributed by atoms with E-state index in [2.05, 4.69) is 26.3 Å². The molecule has 5 heteroatoms. The molecular formula is C15H14BrN3O. The lowest BCUT2D eigenvalue weighted by atomic mass is 10.1. The molecule has 1 atom stereocenters. The van der Waals surface area contributed by atoms with Gasteiger partial charge < -0.3 is 4.42 Å². The minimum absolute atomic E-state index is 0.101. The van der Waals surface area contributed by atoms with Gasteiger partial charge in [0.1, 0.15) is 11.3 Å². The molecule has 4 nitrogen and oxygen atoms in total. The molecule has 1 aromatic carbocycles. The molecule has 0 spiro atoms. The van der Waals surface area contributed by atoms with Crippen molar-refractivity contribution in [1.29, 1.82) is 0 Å². The van der Waals surface area contributed by atoms with E-state index in [9.17, 15) is 0 Å². The van der Waals surface area contributed by atoms with Crippen LogP contribution in [-0.4, -0.2) is 4.98 Å². The Morgan fingerprint density at radius 3 is 2.80 bits per heavy atom. The number of nitrogens with two attached hydrogens (primary N) is 1. The molecule has 2 heterocycles. The quantitative estimate of drug-likeness (QED) is 0.568. The molecular weight excluding hydrogens is 318 g/mol. The van der Waals surface area contributed by atoms with Crippen molar-refractivity contribution in [3.05, 3.63) is 64.6 Å². The third kappa shape index (κ3) is 2.75. The molecule has 3 N–H and O–H groups in total. The van der Waals surface area contributed by atoms with Crippen LogP contribution >= 0.6 is 15.9 Å². The van der Waals surface area contributed by atoms with Crippen LogP contribution in [0.15, 0.2) is 57.6 Å². The van der Waals surface area contributed by atoms with Crippen molar-refractivity contribution in [2.45, 2.75) is 12.5 Å². The molecule has 0 saturated carbocycles. The number of pyridine rings is 1. The number of hydrogen-bond acceptors (Lipinski definition) is 4. The van der Waals surface area contributed by atoms with Crippen molar-refractivity contribution in [3.63, 3.8) is 0 Å². The summed E-state index contributed by atoms with van der Waals surface area (Å²) in [5, 5.41) is 1.08. The highest BCUT2D eigenvalue weighted by atomic mass is 79.9. The van der Waals surface area contributed by atoms with Gasteiger partial charge in [0.05, 0.1) is 6.04 Å². The number of rotatable bonds is 4. The molecule has 0 aliphatic carbocycles. The van der Waals surface area contributed by atoms with Crippen LogP contribution in [0.3, 0.4) is 0 Å². The molecule has 0 aliphatic rings. The number of halogens is 1. The van der Waals surface area contributed by atoms with E-state index < -0.39 is 0 Å². The van der Waals surface area contributed by atoms with Crippen molar-refractivity contribution in [3.8, 4) is 0 Å². The summed E-state index contributed by atoms with van der Waals surface area (Å²) in [4.78, 5) is 4.36. The highest BCUT2D eigenvalue weighted by molar-refractivity contribution is 9.10. The second-order valence-electron chi connectivity index (χ2n) is 4.58. The first-order valence-electron chi connectivity index (χ1n) is 6.31. The van der Waals surface area contributed by atoms with Gasteiger partial charge in [0.2, 0.25) is 0 Å². The zero-order valence-corrected chi connectivity index (χ0v) is 12.3. The van der Waals surface area contributed by atoms with E-state index in [1.165, 1.54) is 0 Å². The summed E-state index contributed by atoms with van der Waals surface area (Å²) < 4.78 is 6.80. The molecule has 0 amide bonds. The van der Waals surface area contributed by atoms with E-state index in [-0.39, 0.29) is 6.04 Å². The second-order valence-corrected chi connectivity index (χ2v) is 5.49. The van der Waals surface area contributed by atoms with Crippen LogP contribution in [0.4, 0.5) is 0 Å². The van der Waals surface area contributed by atoms with Gasteiger partial charge in [-0.25, -0.2) is 5.43 Å². The molecule has 2 aromatic heterocycles. The van der Waals surface area contributed by atoms with Crippen LogP contribution in [0.25, 0.3) is 11.0 Å². The number of hydrogen-bond donors (Lipinski definition) is 2. The summed E-state index contributed by atoms with van der Waals surface area (Å²) in [5.41, 5.74) is 4.62. The van der Waals surface area contributed by atoms with E-state index in [1.54, 1.807) is 6.20 Å². The van der Waals surface area contributed by atoms with Gasteiger partial charge in [0.25, 0.3) is 0 Å². The van der Waals surface area contributed by atoms with Gasteiger partial charge in [-0.3, -0.25) is 10.8 Å². The van der Waals surface area contributed by atoms with Gasteiger partial charge in [-0.2, -0.15) is 0 Å². The van der Waals surface area contributed by atoms with Crippen LogP contribution < -0.4 is 11.3 Å². The van der Waals surface area contributed by atoms with E-state index in [0.29, 0.717) is 6.42 Å². The predicted octanol–water partition coefficient (Wildman–Crippen LogP) is 3.34. The monoisotopic (exact) mass is 331 g/mol. The summed E-state index contributed by atoms with van der Waals surface area (Å²) in [5.74, 6) is 6.48. The molecule has 0 radical (unpaired) electrons.